The number of halogens is 3. The van der Waals surface area contributed by atoms with Crippen molar-refractivity contribution < 1.29 is 8.78 Å². The molecule has 122 valence electrons. The van der Waals surface area contributed by atoms with Gasteiger partial charge in [0.1, 0.15) is 17.5 Å². The van der Waals surface area contributed by atoms with Crippen molar-refractivity contribution in [1.29, 1.82) is 0 Å². The lowest BCUT2D eigenvalue weighted by molar-refractivity contribution is 0.586. The third kappa shape index (κ3) is 3.97. The molecule has 1 aromatic heterocycles. The molecule has 0 fully saturated rings. The van der Waals surface area contributed by atoms with Crippen LogP contribution in [0.4, 0.5) is 26.2 Å². The lowest BCUT2D eigenvalue weighted by atomic mass is 10.2. The Morgan fingerprint density at radius 3 is 2.67 bits per heavy atom. The van der Waals surface area contributed by atoms with E-state index in [-0.39, 0.29) is 11.6 Å². The molecule has 0 aliphatic heterocycles. The zero-order valence-electron chi connectivity index (χ0n) is 12.4. The molecule has 0 radical (unpaired) electrons. The summed E-state index contributed by atoms with van der Waals surface area (Å²) in [6.45, 7) is 0.487. The van der Waals surface area contributed by atoms with Crippen molar-refractivity contribution in [2.24, 2.45) is 0 Å². The Morgan fingerprint density at radius 1 is 1.04 bits per heavy atom. The summed E-state index contributed by atoms with van der Waals surface area (Å²) < 4.78 is 26.6. The highest BCUT2D eigenvalue weighted by atomic mass is 35.5. The maximum absolute atomic E-state index is 13.7. The smallest absolute Gasteiger partial charge is 0.229 e. The number of hydrogen-bond acceptors (Lipinski definition) is 4. The Morgan fingerprint density at radius 2 is 1.88 bits per heavy atom. The quantitative estimate of drug-likeness (QED) is 0.699. The van der Waals surface area contributed by atoms with Crippen molar-refractivity contribution in [3.8, 4) is 0 Å². The van der Waals surface area contributed by atoms with Crippen molar-refractivity contribution >= 4 is 29.1 Å². The van der Waals surface area contributed by atoms with Crippen LogP contribution in [0.2, 0.25) is 5.02 Å². The highest BCUT2D eigenvalue weighted by Gasteiger charge is 2.06. The molecular weight excluding hydrogens is 334 g/mol. The van der Waals surface area contributed by atoms with E-state index >= 15 is 0 Å². The SMILES string of the molecule is Fc1ccc(Nc2nccc(NCc3ccccc3Cl)n2)c(F)c1. The number of hydrogen-bond donors (Lipinski definition) is 2. The number of rotatable bonds is 5. The lowest BCUT2D eigenvalue weighted by Gasteiger charge is -2.10. The van der Waals surface area contributed by atoms with Gasteiger partial charge < -0.3 is 10.6 Å². The molecule has 7 heteroatoms. The van der Waals surface area contributed by atoms with E-state index in [0.717, 1.165) is 17.7 Å². The summed E-state index contributed by atoms with van der Waals surface area (Å²) in [6.07, 6.45) is 1.53. The zero-order valence-corrected chi connectivity index (χ0v) is 13.2. The molecule has 0 unspecified atom stereocenters. The average Bonchev–Trinajstić information content (AvgIpc) is 2.57. The normalized spacial score (nSPS) is 10.5. The number of benzene rings is 2. The van der Waals surface area contributed by atoms with Gasteiger partial charge >= 0.3 is 0 Å². The standard InChI is InChI=1S/C17H13ClF2N4/c18-13-4-2-1-3-11(13)10-22-16-7-8-21-17(24-16)23-15-6-5-12(19)9-14(15)20/h1-9H,10H2,(H2,21,22,23,24). The maximum Gasteiger partial charge on any atom is 0.229 e. The van der Waals surface area contributed by atoms with Gasteiger partial charge in [-0.05, 0) is 29.8 Å². The first-order chi connectivity index (χ1) is 11.6. The number of nitrogens with zero attached hydrogens (tertiary/aromatic N) is 2. The molecule has 2 N–H and O–H groups in total. The van der Waals surface area contributed by atoms with Gasteiger partial charge in [-0.25, -0.2) is 13.8 Å². The van der Waals surface area contributed by atoms with E-state index in [1.807, 2.05) is 24.3 Å². The second-order valence-electron chi connectivity index (χ2n) is 4.96. The lowest BCUT2D eigenvalue weighted by Crippen LogP contribution is -2.05. The molecule has 0 saturated carbocycles. The predicted octanol–water partition coefficient (Wildman–Crippen LogP) is 4.76. The molecule has 0 bridgehead atoms. The summed E-state index contributed by atoms with van der Waals surface area (Å²) in [6, 6.07) is 12.4. The van der Waals surface area contributed by atoms with Crippen LogP contribution in [-0.2, 0) is 6.54 Å². The Balaban J connectivity index is 1.71. The maximum atomic E-state index is 13.7. The van der Waals surface area contributed by atoms with Crippen LogP contribution in [0.3, 0.4) is 0 Å². The summed E-state index contributed by atoms with van der Waals surface area (Å²) in [5.41, 5.74) is 1.02. The summed E-state index contributed by atoms with van der Waals surface area (Å²) >= 11 is 6.10. The van der Waals surface area contributed by atoms with Crippen LogP contribution in [0, 0.1) is 11.6 Å². The van der Waals surface area contributed by atoms with Gasteiger partial charge in [-0.1, -0.05) is 29.8 Å². The van der Waals surface area contributed by atoms with Gasteiger partial charge in [0.15, 0.2) is 0 Å². The van der Waals surface area contributed by atoms with Gasteiger partial charge in [-0.15, -0.1) is 0 Å². The minimum absolute atomic E-state index is 0.0969. The topological polar surface area (TPSA) is 49.8 Å². The Labute approximate surface area is 142 Å². The van der Waals surface area contributed by atoms with Crippen LogP contribution in [0.25, 0.3) is 0 Å². The van der Waals surface area contributed by atoms with Crippen molar-refractivity contribution in [3.63, 3.8) is 0 Å². The highest BCUT2D eigenvalue weighted by molar-refractivity contribution is 6.31. The predicted molar refractivity (Wildman–Crippen MR) is 90.5 cm³/mol. The molecule has 0 saturated heterocycles. The van der Waals surface area contributed by atoms with E-state index in [0.29, 0.717) is 17.4 Å². The van der Waals surface area contributed by atoms with Gasteiger partial charge in [0, 0.05) is 23.8 Å². The minimum atomic E-state index is -0.715. The first kappa shape index (κ1) is 16.1. The van der Waals surface area contributed by atoms with E-state index in [4.69, 9.17) is 11.6 Å². The number of nitrogens with one attached hydrogen (secondary N) is 2. The third-order valence-corrected chi connectivity index (χ3v) is 3.62. The van der Waals surface area contributed by atoms with Crippen LogP contribution in [0.15, 0.2) is 54.7 Å². The molecule has 0 amide bonds. The van der Waals surface area contributed by atoms with Gasteiger partial charge in [0.05, 0.1) is 5.69 Å². The van der Waals surface area contributed by atoms with E-state index in [9.17, 15) is 8.78 Å². The zero-order chi connectivity index (χ0) is 16.9. The van der Waals surface area contributed by atoms with Crippen molar-refractivity contribution in [1.82, 2.24) is 9.97 Å². The number of anilines is 3. The fourth-order valence-corrected chi connectivity index (χ4v) is 2.26. The first-order valence-corrected chi connectivity index (χ1v) is 7.52. The first-order valence-electron chi connectivity index (χ1n) is 7.14. The average molecular weight is 347 g/mol. The van der Waals surface area contributed by atoms with Crippen molar-refractivity contribution in [2.45, 2.75) is 6.54 Å². The van der Waals surface area contributed by atoms with Crippen LogP contribution in [0.5, 0.6) is 0 Å². The van der Waals surface area contributed by atoms with Gasteiger partial charge in [-0.3, -0.25) is 0 Å². The van der Waals surface area contributed by atoms with Gasteiger partial charge in [0.2, 0.25) is 5.95 Å². The van der Waals surface area contributed by atoms with E-state index < -0.39 is 11.6 Å². The van der Waals surface area contributed by atoms with Crippen LogP contribution >= 0.6 is 11.6 Å². The molecule has 3 rings (SSSR count). The molecule has 4 nitrogen and oxygen atoms in total. The van der Waals surface area contributed by atoms with Crippen molar-refractivity contribution in [2.75, 3.05) is 10.6 Å². The fraction of sp³-hybridized carbons (Fsp3) is 0.0588. The Kier molecular flexibility index (Phi) is 4.86. The summed E-state index contributed by atoms with van der Waals surface area (Å²) in [7, 11) is 0. The summed E-state index contributed by atoms with van der Waals surface area (Å²) in [5, 5.41) is 6.50. The summed E-state index contributed by atoms with van der Waals surface area (Å²) in [5.74, 6) is -0.609. The molecule has 0 spiro atoms. The molecule has 1 heterocycles. The van der Waals surface area contributed by atoms with E-state index in [1.54, 1.807) is 6.07 Å². The monoisotopic (exact) mass is 346 g/mol. The molecular formula is C17H13ClF2N4. The minimum Gasteiger partial charge on any atom is -0.366 e. The fourth-order valence-electron chi connectivity index (χ4n) is 2.06. The molecule has 0 atom stereocenters. The largest absolute Gasteiger partial charge is 0.366 e. The Hall–Kier alpha value is -2.73. The van der Waals surface area contributed by atoms with E-state index in [2.05, 4.69) is 20.6 Å². The molecule has 2 aromatic carbocycles. The van der Waals surface area contributed by atoms with Gasteiger partial charge in [0.25, 0.3) is 0 Å². The number of aromatic nitrogens is 2. The van der Waals surface area contributed by atoms with Crippen LogP contribution < -0.4 is 10.6 Å². The van der Waals surface area contributed by atoms with Crippen molar-refractivity contribution in [3.05, 3.63) is 76.9 Å². The summed E-state index contributed by atoms with van der Waals surface area (Å²) in [4.78, 5) is 8.26. The van der Waals surface area contributed by atoms with Crippen LogP contribution in [-0.4, -0.2) is 9.97 Å². The second kappa shape index (κ2) is 7.23. The molecule has 3 aromatic rings. The van der Waals surface area contributed by atoms with Crippen LogP contribution in [0.1, 0.15) is 5.56 Å². The second-order valence-corrected chi connectivity index (χ2v) is 5.37. The molecule has 0 aliphatic rings. The Bertz CT molecular complexity index is 857. The molecule has 0 aliphatic carbocycles. The van der Waals surface area contributed by atoms with Gasteiger partial charge in [-0.2, -0.15) is 4.98 Å². The molecule has 24 heavy (non-hydrogen) atoms. The third-order valence-electron chi connectivity index (χ3n) is 3.25. The van der Waals surface area contributed by atoms with E-state index in [1.165, 1.54) is 12.3 Å². The highest BCUT2D eigenvalue weighted by Crippen LogP contribution is 2.20.